The molecule has 2 saturated heterocycles. The highest BCUT2D eigenvalue weighted by Crippen LogP contribution is 2.37. The summed E-state index contributed by atoms with van der Waals surface area (Å²) in [4.78, 5) is 21.5. The molecule has 6 nitrogen and oxygen atoms in total. The Morgan fingerprint density at radius 1 is 1.26 bits per heavy atom. The molecule has 0 radical (unpaired) electrons. The van der Waals surface area contributed by atoms with Crippen LogP contribution in [0.4, 0.5) is 14.6 Å². The van der Waals surface area contributed by atoms with Gasteiger partial charge in [0.2, 0.25) is 5.91 Å². The molecule has 1 N–H and O–H groups in total. The van der Waals surface area contributed by atoms with Gasteiger partial charge in [-0.1, -0.05) is 13.0 Å². The van der Waals surface area contributed by atoms with Crippen molar-refractivity contribution in [1.29, 1.82) is 5.26 Å². The van der Waals surface area contributed by atoms with Crippen molar-refractivity contribution in [2.24, 2.45) is 5.92 Å². The first-order valence-electron chi connectivity index (χ1n) is 10.5. The van der Waals surface area contributed by atoms with Crippen LogP contribution in [0.1, 0.15) is 30.9 Å². The first-order valence-corrected chi connectivity index (χ1v) is 10.5. The standard InChI is InChI=1S/C23H25F2N5O/c1-15-8-18-13-29(14-21(15)30(18)22-5-3-17(10-26)12-28-22)23(31)6-7-27-11-16-2-4-19(24)20(25)9-16/h2-5,9,12,15,18,21,27H,6-8,11,13-14H2,1H3/t15-,18?,21?/m0/s1. The Morgan fingerprint density at radius 3 is 2.77 bits per heavy atom. The third-order valence-electron chi connectivity index (χ3n) is 6.21. The van der Waals surface area contributed by atoms with Crippen molar-refractivity contribution in [3.05, 3.63) is 59.3 Å². The molecule has 2 aliphatic rings. The Balaban J connectivity index is 1.30. The smallest absolute Gasteiger partial charge is 0.223 e. The van der Waals surface area contributed by atoms with Crippen LogP contribution in [0.2, 0.25) is 0 Å². The average Bonchev–Trinajstić information content (AvgIpc) is 2.97. The van der Waals surface area contributed by atoms with E-state index in [1.807, 2.05) is 11.0 Å². The maximum atomic E-state index is 13.3. The molecular formula is C23H25F2N5O. The molecule has 2 fully saturated rings. The molecule has 0 saturated carbocycles. The number of pyridine rings is 1. The van der Waals surface area contributed by atoms with Gasteiger partial charge >= 0.3 is 0 Å². The number of amides is 1. The van der Waals surface area contributed by atoms with Gasteiger partial charge in [0.1, 0.15) is 11.9 Å². The molecule has 2 aliphatic heterocycles. The van der Waals surface area contributed by atoms with E-state index in [1.54, 1.807) is 12.3 Å². The number of halogens is 2. The SMILES string of the molecule is C[C@H]1CC2CN(C(=O)CCNCc3ccc(F)c(F)c3)CC1N2c1ccc(C#N)cn1. The molecule has 2 bridgehead atoms. The largest absolute Gasteiger partial charge is 0.347 e. The number of rotatable bonds is 6. The molecule has 1 aromatic heterocycles. The normalized spacial score (nSPS) is 22.5. The summed E-state index contributed by atoms with van der Waals surface area (Å²) in [5.41, 5.74) is 1.18. The highest BCUT2D eigenvalue weighted by Gasteiger charge is 2.45. The molecule has 0 spiro atoms. The Morgan fingerprint density at radius 2 is 2.10 bits per heavy atom. The van der Waals surface area contributed by atoms with E-state index in [0.29, 0.717) is 49.6 Å². The lowest BCUT2D eigenvalue weighted by molar-refractivity contribution is -0.132. The van der Waals surface area contributed by atoms with Crippen molar-refractivity contribution >= 4 is 11.7 Å². The second-order valence-corrected chi connectivity index (χ2v) is 8.33. The summed E-state index contributed by atoms with van der Waals surface area (Å²) in [5.74, 6) is -0.326. The third kappa shape index (κ3) is 4.52. The molecule has 162 valence electrons. The number of benzene rings is 1. The summed E-state index contributed by atoms with van der Waals surface area (Å²) in [7, 11) is 0. The van der Waals surface area contributed by atoms with Crippen LogP contribution >= 0.6 is 0 Å². The van der Waals surface area contributed by atoms with Crippen LogP contribution in [0.3, 0.4) is 0 Å². The summed E-state index contributed by atoms with van der Waals surface area (Å²) in [6.07, 6.45) is 2.95. The maximum Gasteiger partial charge on any atom is 0.223 e. The first-order chi connectivity index (χ1) is 15.0. The van der Waals surface area contributed by atoms with E-state index in [1.165, 1.54) is 12.1 Å². The van der Waals surface area contributed by atoms with E-state index >= 15 is 0 Å². The molecular weight excluding hydrogens is 400 g/mol. The number of anilines is 1. The van der Waals surface area contributed by atoms with E-state index < -0.39 is 11.6 Å². The van der Waals surface area contributed by atoms with Crippen molar-refractivity contribution in [2.75, 3.05) is 24.5 Å². The van der Waals surface area contributed by atoms with Crippen LogP contribution in [-0.2, 0) is 11.3 Å². The van der Waals surface area contributed by atoms with E-state index in [0.717, 1.165) is 18.3 Å². The Labute approximate surface area is 180 Å². The monoisotopic (exact) mass is 425 g/mol. The van der Waals surface area contributed by atoms with Crippen LogP contribution in [0.15, 0.2) is 36.5 Å². The number of aromatic nitrogens is 1. The number of nitriles is 1. The summed E-state index contributed by atoms with van der Waals surface area (Å²) in [6.45, 7) is 4.37. The fraction of sp³-hybridized carbons (Fsp3) is 0.435. The zero-order valence-corrected chi connectivity index (χ0v) is 17.4. The molecule has 1 amide bonds. The number of fused-ring (bicyclic) bond motifs is 2. The van der Waals surface area contributed by atoms with Gasteiger partial charge in [-0.15, -0.1) is 0 Å². The molecule has 3 atom stereocenters. The van der Waals surface area contributed by atoms with Crippen LogP contribution in [0.25, 0.3) is 0 Å². The summed E-state index contributed by atoms with van der Waals surface area (Å²) in [5, 5.41) is 12.1. The van der Waals surface area contributed by atoms with Gasteiger partial charge in [-0.25, -0.2) is 13.8 Å². The molecule has 1 aromatic carbocycles. The molecule has 2 aromatic rings. The van der Waals surface area contributed by atoms with Crippen molar-refractivity contribution < 1.29 is 13.6 Å². The fourth-order valence-electron chi connectivity index (χ4n) is 4.63. The molecule has 31 heavy (non-hydrogen) atoms. The van der Waals surface area contributed by atoms with Crippen molar-refractivity contribution in [3.8, 4) is 6.07 Å². The second-order valence-electron chi connectivity index (χ2n) is 8.33. The lowest BCUT2D eigenvalue weighted by Crippen LogP contribution is -2.56. The van der Waals surface area contributed by atoms with E-state index in [9.17, 15) is 13.6 Å². The van der Waals surface area contributed by atoms with Gasteiger partial charge in [-0.2, -0.15) is 5.26 Å². The zero-order chi connectivity index (χ0) is 22.0. The highest BCUT2D eigenvalue weighted by atomic mass is 19.2. The minimum atomic E-state index is -0.866. The number of carbonyl (C=O) groups is 1. The number of piperazine rings is 1. The number of hydrogen-bond donors (Lipinski definition) is 1. The van der Waals surface area contributed by atoms with Gasteiger partial charge in [0.25, 0.3) is 0 Å². The predicted octanol–water partition coefficient (Wildman–Crippen LogP) is 2.84. The number of nitrogens with one attached hydrogen (secondary N) is 1. The fourth-order valence-corrected chi connectivity index (χ4v) is 4.63. The summed E-state index contributed by atoms with van der Waals surface area (Å²) in [6, 6.07) is 9.98. The minimum absolute atomic E-state index is 0.0920. The summed E-state index contributed by atoms with van der Waals surface area (Å²) >= 11 is 0. The lowest BCUT2D eigenvalue weighted by atomic mass is 10.0. The topological polar surface area (TPSA) is 72.3 Å². The Hall–Kier alpha value is -3.05. The van der Waals surface area contributed by atoms with E-state index in [4.69, 9.17) is 5.26 Å². The second kappa shape index (κ2) is 8.98. The molecule has 0 aliphatic carbocycles. The molecule has 4 rings (SSSR count). The van der Waals surface area contributed by atoms with E-state index in [2.05, 4.69) is 28.2 Å². The van der Waals surface area contributed by atoms with Gasteiger partial charge in [0.15, 0.2) is 11.6 Å². The third-order valence-corrected chi connectivity index (χ3v) is 6.21. The zero-order valence-electron chi connectivity index (χ0n) is 17.4. The van der Waals surface area contributed by atoms with Crippen LogP contribution in [0, 0.1) is 28.9 Å². The van der Waals surface area contributed by atoms with Gasteiger partial charge < -0.3 is 15.1 Å². The number of nitrogens with zero attached hydrogens (tertiary/aromatic N) is 4. The Kier molecular flexibility index (Phi) is 6.14. The van der Waals surface area contributed by atoms with Gasteiger partial charge in [0, 0.05) is 44.8 Å². The van der Waals surface area contributed by atoms with Crippen molar-refractivity contribution in [1.82, 2.24) is 15.2 Å². The van der Waals surface area contributed by atoms with E-state index in [-0.39, 0.29) is 18.0 Å². The number of likely N-dealkylation sites (tertiary alicyclic amines) is 1. The Bertz CT molecular complexity index is 990. The predicted molar refractivity (Wildman–Crippen MR) is 112 cm³/mol. The van der Waals surface area contributed by atoms with Crippen molar-refractivity contribution in [3.63, 3.8) is 0 Å². The van der Waals surface area contributed by atoms with Gasteiger partial charge in [-0.3, -0.25) is 4.79 Å². The number of hydrogen-bond acceptors (Lipinski definition) is 5. The number of carbonyl (C=O) groups excluding carboxylic acids is 1. The molecule has 8 heteroatoms. The average molecular weight is 425 g/mol. The van der Waals surface area contributed by atoms with Crippen molar-refractivity contribution in [2.45, 2.75) is 38.4 Å². The molecule has 2 unspecified atom stereocenters. The minimum Gasteiger partial charge on any atom is -0.347 e. The summed E-state index contributed by atoms with van der Waals surface area (Å²) < 4.78 is 26.3. The lowest BCUT2D eigenvalue weighted by Gasteiger charge is -2.42. The highest BCUT2D eigenvalue weighted by molar-refractivity contribution is 5.77. The molecule has 3 heterocycles. The maximum absolute atomic E-state index is 13.3. The van der Waals surface area contributed by atoms with Crippen LogP contribution in [-0.4, -0.2) is 47.5 Å². The van der Waals surface area contributed by atoms with Crippen LogP contribution in [0.5, 0.6) is 0 Å². The first kappa shape index (κ1) is 21.2. The van der Waals surface area contributed by atoms with Gasteiger partial charge in [-0.05, 0) is 42.2 Å². The van der Waals surface area contributed by atoms with Gasteiger partial charge in [0.05, 0.1) is 11.6 Å². The van der Waals surface area contributed by atoms with Crippen LogP contribution < -0.4 is 10.2 Å². The quantitative estimate of drug-likeness (QED) is 0.721.